The number of rotatable bonds is 53. The van der Waals surface area contributed by atoms with E-state index in [0.29, 0.717) is 115 Å². The predicted molar refractivity (Wildman–Crippen MR) is 467 cm³/mol. The molecule has 0 aliphatic heterocycles. The number of nitrogens with zero attached hydrogens (tertiary/aromatic N) is 1. The number of ether oxygens (including phenoxy) is 14. The van der Waals surface area contributed by atoms with Gasteiger partial charge in [-0.05, 0) is 156 Å². The van der Waals surface area contributed by atoms with Crippen molar-refractivity contribution in [3.05, 3.63) is 43.2 Å². The molecule has 30 nitrogen and oxygen atoms in total. The van der Waals surface area contributed by atoms with E-state index in [1.54, 1.807) is 83.5 Å². The molecule has 32 heteroatoms. The van der Waals surface area contributed by atoms with Gasteiger partial charge in [-0.3, -0.25) is 57.5 Å². The molecule has 0 heterocycles. The van der Waals surface area contributed by atoms with Crippen LogP contribution in [0.25, 0.3) is 0 Å². The fraction of sp³-hybridized carbons (Fsp3) is 0.761. The molecule has 4 aliphatic rings. The number of allylic oxidation sites excluding steroid dienone is 8. The highest BCUT2D eigenvalue weighted by Crippen LogP contribution is 2.46. The highest BCUT2D eigenvalue weighted by atomic mass is 32.2. The fourth-order valence-corrected chi connectivity index (χ4v) is 16.9. The topological polar surface area (TPSA) is 407 Å². The number of esters is 6. The van der Waals surface area contributed by atoms with Crippen molar-refractivity contribution in [1.29, 1.82) is 5.26 Å². The quantitative estimate of drug-likeness (QED) is 0.0143. The highest BCUT2D eigenvalue weighted by molar-refractivity contribution is 8.04. The van der Waals surface area contributed by atoms with E-state index in [2.05, 4.69) is 51.6 Å². The molecule has 4 aliphatic carbocycles. The van der Waals surface area contributed by atoms with Crippen LogP contribution in [0.3, 0.4) is 0 Å². The van der Waals surface area contributed by atoms with Gasteiger partial charge in [-0.1, -0.05) is 83.1 Å². The maximum absolute atomic E-state index is 13.7. The van der Waals surface area contributed by atoms with Gasteiger partial charge in [0.05, 0.1) is 113 Å². The largest absolute Gasteiger partial charge is 0.463 e. The Morgan fingerprint density at radius 1 is 0.468 bits per heavy atom. The Morgan fingerprint density at radius 2 is 0.871 bits per heavy atom. The summed E-state index contributed by atoms with van der Waals surface area (Å²) in [6.45, 7) is 42.5. The molecule has 124 heavy (non-hydrogen) atoms. The number of carbonyl (C=O) groups excluding carboxylic acids is 13. The molecule has 0 aromatic carbocycles. The molecule has 0 aromatic heterocycles. The number of nitriles is 1. The van der Waals surface area contributed by atoms with Gasteiger partial charge in [-0.2, -0.15) is 5.26 Å². The zero-order valence-electron chi connectivity index (χ0n) is 78.5. The Balaban J connectivity index is 0.000000701. The number of methoxy groups -OCH3 is 2. The van der Waals surface area contributed by atoms with Gasteiger partial charge in [0.25, 0.3) is 6.26 Å². The Hall–Kier alpha value is -7.22. The number of Topliss-reactive ketones (excluding diaryl/α,β-unsaturated/α-hetero) is 6. The average molecular weight is 1790 g/mol. The van der Waals surface area contributed by atoms with Crippen LogP contribution in [0.15, 0.2) is 43.2 Å². The number of hydrogen-bond acceptors (Lipinski definition) is 31. The number of amides is 1. The second kappa shape index (κ2) is 55.5. The molecule has 704 valence electrons. The number of carbonyl (C=O) groups is 13. The first-order valence-corrected chi connectivity index (χ1v) is 45.3. The lowest BCUT2D eigenvalue weighted by Crippen LogP contribution is -2.42. The van der Waals surface area contributed by atoms with Crippen molar-refractivity contribution >= 4 is 100 Å². The molecule has 0 radical (unpaired) electrons. The van der Waals surface area contributed by atoms with Crippen LogP contribution >= 0.6 is 23.5 Å². The first-order valence-electron chi connectivity index (χ1n) is 43.3. The smallest absolute Gasteiger partial charge is 0.407 e. The number of hydrogen-bond donors (Lipinski definition) is 2. The highest BCUT2D eigenvalue weighted by Gasteiger charge is 2.48. The lowest BCUT2D eigenvalue weighted by molar-refractivity contribution is -0.165. The summed E-state index contributed by atoms with van der Waals surface area (Å²) in [7, 11) is 3.17. The fourth-order valence-electron chi connectivity index (χ4n) is 15.0. The van der Waals surface area contributed by atoms with E-state index in [9.17, 15) is 62.3 Å². The summed E-state index contributed by atoms with van der Waals surface area (Å²) in [5, 5.41) is 19.9. The van der Waals surface area contributed by atoms with Crippen molar-refractivity contribution in [3.63, 3.8) is 0 Å². The van der Waals surface area contributed by atoms with Gasteiger partial charge < -0.3 is 76.7 Å². The molecule has 0 spiro atoms. The number of aliphatic hydroxyl groups excluding tert-OH is 1. The maximum atomic E-state index is 13.7. The third-order valence-electron chi connectivity index (χ3n) is 23.2. The van der Waals surface area contributed by atoms with E-state index in [1.165, 1.54) is 45.7 Å². The molecule has 2 N–H and O–H groups in total. The molecule has 2 saturated carbocycles. The molecular formula is C92H146N2O28S2. The van der Waals surface area contributed by atoms with E-state index in [0.717, 1.165) is 50.3 Å². The van der Waals surface area contributed by atoms with Gasteiger partial charge in [0.2, 0.25) is 0 Å². The van der Waals surface area contributed by atoms with Gasteiger partial charge in [0.15, 0.2) is 34.7 Å². The lowest BCUT2D eigenvalue weighted by Gasteiger charge is -2.37. The lowest BCUT2D eigenvalue weighted by atomic mass is 9.72. The van der Waals surface area contributed by atoms with Crippen LogP contribution in [0.5, 0.6) is 0 Å². The van der Waals surface area contributed by atoms with Crippen LogP contribution < -0.4 is 5.32 Å². The minimum Gasteiger partial charge on any atom is -0.463 e. The summed E-state index contributed by atoms with van der Waals surface area (Å²) < 4.78 is 73.4. The molecule has 0 aromatic rings. The zero-order valence-corrected chi connectivity index (χ0v) is 80.1. The number of alkyl carbamates (subject to hydrolysis) is 1. The summed E-state index contributed by atoms with van der Waals surface area (Å²) in [6.07, 6.45) is 6.04. The zero-order chi connectivity index (χ0) is 94.1. The first kappa shape index (κ1) is 113. The van der Waals surface area contributed by atoms with Gasteiger partial charge in [0, 0.05) is 82.8 Å². The number of thioether (sulfide) groups is 2. The summed E-state index contributed by atoms with van der Waals surface area (Å²) in [6, 6.07) is 0. The summed E-state index contributed by atoms with van der Waals surface area (Å²) in [5.74, 6) is -1.70. The van der Waals surface area contributed by atoms with Crippen LogP contribution in [-0.4, -0.2) is 239 Å². The Morgan fingerprint density at radius 3 is 1.29 bits per heavy atom. The number of ketones is 6. The third kappa shape index (κ3) is 36.1. The summed E-state index contributed by atoms with van der Waals surface area (Å²) in [4.78, 5) is 169. The average Bonchev–Trinajstić information content (AvgIpc) is 0.764. The standard InChI is InChI=1S/C46H73NO14S.C25H38O5S.C21H35NO9/c1-13-46(11,42(53)59-23-22-57-21-20-56-19-18-55-12)35(48)27-45(9,10)41(52)58-17-16-47-43(54)60-24-25-62-40-32(6)38(50)37(31(5)39(40)51)44(7,8)28-36(49)61-34-15-14-30(4)26-33(34)29(2)3;1-14(2)19-12-18(9-8-15(19)3)30-20(27)13-25(6,7)21-16(4)23(29)24(31-11-10-26)17(5)22(21)28;1-6-21(4,19(25)31-13-11-28-10-9-27-8-7-26-5)17(23)15-20(2,3)18(24)30-14-12-29-16-22/h29-30,33-34H,13-28H2,1-12H3,(H,47,54);14-15,18-19,26H,8-13H2,1-7H3;6-15H2,1-5H3/t30-,33+,34?,46?;15-,18?,19+;/m11./s1. The van der Waals surface area contributed by atoms with E-state index in [4.69, 9.17) is 71.9 Å². The van der Waals surface area contributed by atoms with Crippen molar-refractivity contribution < 1.29 is 134 Å². The van der Waals surface area contributed by atoms with Gasteiger partial charge >= 0.3 is 41.9 Å². The van der Waals surface area contributed by atoms with Crippen molar-refractivity contribution in [2.45, 2.75) is 242 Å². The molecule has 1 amide bonds. The maximum Gasteiger partial charge on any atom is 0.407 e. The summed E-state index contributed by atoms with van der Waals surface area (Å²) >= 11 is 2.32. The van der Waals surface area contributed by atoms with Crippen molar-refractivity contribution in [2.24, 2.45) is 68.0 Å². The van der Waals surface area contributed by atoms with Crippen LogP contribution in [0.4, 0.5) is 4.79 Å². The van der Waals surface area contributed by atoms with Crippen molar-refractivity contribution in [1.82, 2.24) is 5.32 Å². The van der Waals surface area contributed by atoms with E-state index in [-0.39, 0.29) is 180 Å². The minimum absolute atomic E-state index is 0.00407. The molecule has 4 unspecified atom stereocenters. The van der Waals surface area contributed by atoms with E-state index < -0.39 is 74.0 Å². The Bertz CT molecular complexity index is 3750. The van der Waals surface area contributed by atoms with Gasteiger partial charge in [-0.25, -0.2) is 4.79 Å². The van der Waals surface area contributed by atoms with Crippen LogP contribution in [-0.2, 0) is 124 Å². The number of nitrogens with one attached hydrogen (secondary N) is 1. The Kier molecular flexibility index (Phi) is 50.5. The van der Waals surface area contributed by atoms with Crippen LogP contribution in [0.1, 0.15) is 229 Å². The van der Waals surface area contributed by atoms with Crippen LogP contribution in [0.2, 0.25) is 0 Å². The molecule has 2 fully saturated rings. The van der Waals surface area contributed by atoms with Crippen molar-refractivity contribution in [3.8, 4) is 6.26 Å². The Labute approximate surface area is 744 Å². The molecule has 0 saturated heterocycles. The normalized spacial score (nSPS) is 19.4. The number of aliphatic hydroxyl groups is 1. The first-order chi connectivity index (χ1) is 58.1. The minimum atomic E-state index is -1.48. The second-order valence-electron chi connectivity index (χ2n) is 35.8. The molecular weight excluding hydrogens is 1650 g/mol. The molecule has 4 rings (SSSR count). The predicted octanol–water partition coefficient (Wildman–Crippen LogP) is 13.3. The van der Waals surface area contributed by atoms with Crippen LogP contribution in [0, 0.1) is 79.5 Å². The van der Waals surface area contributed by atoms with Gasteiger partial charge in [0.1, 0.15) is 62.7 Å². The van der Waals surface area contributed by atoms with Crippen molar-refractivity contribution in [2.75, 3.05) is 145 Å². The van der Waals surface area contributed by atoms with Gasteiger partial charge in [-0.15, -0.1) is 23.5 Å². The molecule has 8 atom stereocenters. The SMILES string of the molecule is CC1=C(SCCO)C(=O)C(C)=C(C(C)(C)CC(=O)OC2CC[C@@H](C)[C@H](C(C)C)C2)C1=O.CCC(C)(C(=O)CC(C)(C)C(=O)OCCNC(=O)OCCSC1=C(C)C(=O)C(C(C)(C)CC(=O)OC2CC[C@@H](C)C[C@H]2C(C)C)=C(C)C1=O)C(=O)OCCOCCOCCOC.CCC(C)(C(=O)CC(C)(C)C(=O)OCCOC#N)C(=O)OCCOCCOCCOC. The van der Waals surface area contributed by atoms with E-state index >= 15 is 0 Å². The molecule has 0 bridgehead atoms. The summed E-state index contributed by atoms with van der Waals surface area (Å²) in [5.41, 5.74) is -4.98. The third-order valence-corrected chi connectivity index (χ3v) is 25.5. The second-order valence-corrected chi connectivity index (χ2v) is 38.0. The monoisotopic (exact) mass is 1790 g/mol. The van der Waals surface area contributed by atoms with E-state index in [1.807, 2.05) is 13.8 Å².